The maximum absolute atomic E-state index is 12.2. The molecule has 0 radical (unpaired) electrons. The van der Waals surface area contributed by atoms with E-state index in [2.05, 4.69) is 10.9 Å². The summed E-state index contributed by atoms with van der Waals surface area (Å²) in [4.78, 5) is 24.1. The van der Waals surface area contributed by atoms with Gasteiger partial charge in [0.2, 0.25) is 15.9 Å². The molecule has 2 rings (SSSR count). The lowest BCUT2D eigenvalue weighted by molar-refractivity contribution is -0.121. The minimum absolute atomic E-state index is 0.0283. The first-order valence-electron chi connectivity index (χ1n) is 7.67. The fourth-order valence-corrected chi connectivity index (χ4v) is 3.51. The molecule has 10 heteroatoms. The SMILES string of the molecule is CN(C)S(=O)(=O)c1cccc(C(=O)NNC(=O)Cc2ccc(Cl)cc2Cl)c1. The number of hydrazine groups is 1. The lowest BCUT2D eigenvalue weighted by Crippen LogP contribution is -2.42. The van der Waals surface area contributed by atoms with Crippen LogP contribution in [0.15, 0.2) is 47.4 Å². The number of benzene rings is 2. The van der Waals surface area contributed by atoms with Crippen LogP contribution in [0.4, 0.5) is 0 Å². The smallest absolute Gasteiger partial charge is 0.269 e. The second-order valence-corrected chi connectivity index (χ2v) is 8.73. The molecule has 0 aromatic heterocycles. The highest BCUT2D eigenvalue weighted by molar-refractivity contribution is 7.89. The van der Waals surface area contributed by atoms with Crippen LogP contribution < -0.4 is 10.9 Å². The van der Waals surface area contributed by atoms with E-state index in [1.165, 1.54) is 44.4 Å². The second kappa shape index (κ2) is 8.71. The summed E-state index contributed by atoms with van der Waals surface area (Å²) < 4.78 is 25.3. The van der Waals surface area contributed by atoms with Gasteiger partial charge in [0.15, 0.2) is 0 Å². The van der Waals surface area contributed by atoms with Crippen molar-refractivity contribution in [1.82, 2.24) is 15.2 Å². The number of hydrogen-bond acceptors (Lipinski definition) is 4. The summed E-state index contributed by atoms with van der Waals surface area (Å²) >= 11 is 11.8. The van der Waals surface area contributed by atoms with Crippen molar-refractivity contribution in [2.24, 2.45) is 0 Å². The molecule has 2 amide bonds. The van der Waals surface area contributed by atoms with Crippen molar-refractivity contribution in [2.45, 2.75) is 11.3 Å². The highest BCUT2D eigenvalue weighted by Crippen LogP contribution is 2.21. The minimum atomic E-state index is -3.67. The van der Waals surface area contributed by atoms with Crippen LogP contribution in [0, 0.1) is 0 Å². The molecular weight excluding hydrogens is 413 g/mol. The maximum Gasteiger partial charge on any atom is 0.269 e. The predicted octanol–water partition coefficient (Wildman–Crippen LogP) is 2.25. The molecule has 0 saturated carbocycles. The van der Waals surface area contributed by atoms with Crippen LogP contribution in [0.3, 0.4) is 0 Å². The van der Waals surface area contributed by atoms with E-state index in [1.807, 2.05) is 0 Å². The van der Waals surface area contributed by atoms with Crippen molar-refractivity contribution in [3.05, 3.63) is 63.6 Å². The molecule has 0 fully saturated rings. The number of rotatable bonds is 5. The Morgan fingerprint density at radius 3 is 2.37 bits per heavy atom. The quantitative estimate of drug-likeness (QED) is 0.712. The molecule has 27 heavy (non-hydrogen) atoms. The summed E-state index contributed by atoms with van der Waals surface area (Å²) in [5.41, 5.74) is 5.14. The van der Waals surface area contributed by atoms with Gasteiger partial charge in [-0.1, -0.05) is 35.3 Å². The molecule has 144 valence electrons. The number of amides is 2. The van der Waals surface area contributed by atoms with Gasteiger partial charge in [-0.15, -0.1) is 0 Å². The zero-order valence-electron chi connectivity index (χ0n) is 14.5. The van der Waals surface area contributed by atoms with Gasteiger partial charge in [-0.05, 0) is 35.9 Å². The topological polar surface area (TPSA) is 95.6 Å². The summed E-state index contributed by atoms with van der Waals surface area (Å²) in [6, 6.07) is 10.2. The summed E-state index contributed by atoms with van der Waals surface area (Å²) in [6.07, 6.45) is -0.0642. The summed E-state index contributed by atoms with van der Waals surface area (Å²) in [6.45, 7) is 0. The van der Waals surface area contributed by atoms with Crippen LogP contribution >= 0.6 is 23.2 Å². The Balaban J connectivity index is 2.02. The molecule has 0 heterocycles. The van der Waals surface area contributed by atoms with Crippen molar-refractivity contribution in [2.75, 3.05) is 14.1 Å². The first-order chi connectivity index (χ1) is 12.6. The third-order valence-corrected chi connectivity index (χ3v) is 5.95. The van der Waals surface area contributed by atoms with Crippen LogP contribution in [0.25, 0.3) is 0 Å². The highest BCUT2D eigenvalue weighted by atomic mass is 35.5. The average molecular weight is 430 g/mol. The van der Waals surface area contributed by atoms with Gasteiger partial charge in [0.25, 0.3) is 5.91 Å². The molecule has 7 nitrogen and oxygen atoms in total. The Labute approximate surface area is 167 Å². The molecule has 0 aliphatic rings. The Kier molecular flexibility index (Phi) is 6.83. The van der Waals surface area contributed by atoms with E-state index >= 15 is 0 Å². The Bertz CT molecular complexity index is 978. The van der Waals surface area contributed by atoms with Crippen molar-refractivity contribution in [3.63, 3.8) is 0 Å². The van der Waals surface area contributed by atoms with Crippen LogP contribution in [0.5, 0.6) is 0 Å². The van der Waals surface area contributed by atoms with Gasteiger partial charge in [-0.25, -0.2) is 12.7 Å². The number of nitrogens with zero attached hydrogens (tertiary/aromatic N) is 1. The molecule has 0 unspecified atom stereocenters. The molecule has 0 bridgehead atoms. The van der Waals surface area contributed by atoms with Crippen LogP contribution in [0.1, 0.15) is 15.9 Å². The third kappa shape index (κ3) is 5.43. The Morgan fingerprint density at radius 1 is 1.04 bits per heavy atom. The number of carbonyl (C=O) groups excluding carboxylic acids is 2. The molecule has 2 aromatic carbocycles. The van der Waals surface area contributed by atoms with E-state index in [9.17, 15) is 18.0 Å². The summed E-state index contributed by atoms with van der Waals surface area (Å²) in [5.74, 6) is -1.15. The monoisotopic (exact) mass is 429 g/mol. The van der Waals surface area contributed by atoms with Gasteiger partial charge in [0.05, 0.1) is 11.3 Å². The van der Waals surface area contributed by atoms with Crippen molar-refractivity contribution < 1.29 is 18.0 Å². The number of hydrogen-bond donors (Lipinski definition) is 2. The number of nitrogens with one attached hydrogen (secondary N) is 2. The summed E-state index contributed by atoms with van der Waals surface area (Å²) in [5, 5.41) is 0.788. The normalized spacial score (nSPS) is 11.3. The fraction of sp³-hybridized carbons (Fsp3) is 0.176. The van der Waals surface area contributed by atoms with E-state index in [0.29, 0.717) is 15.6 Å². The molecule has 0 atom stereocenters. The lowest BCUT2D eigenvalue weighted by Gasteiger charge is -2.12. The van der Waals surface area contributed by atoms with E-state index < -0.39 is 21.8 Å². The zero-order valence-corrected chi connectivity index (χ0v) is 16.8. The van der Waals surface area contributed by atoms with Gasteiger partial charge in [-0.3, -0.25) is 20.4 Å². The molecule has 0 spiro atoms. The number of halogens is 2. The first-order valence-corrected chi connectivity index (χ1v) is 9.86. The standard InChI is InChI=1S/C17H17Cl2N3O4S/c1-22(2)27(25,26)14-5-3-4-12(8-14)17(24)21-20-16(23)9-11-6-7-13(18)10-15(11)19/h3-8,10H,9H2,1-2H3,(H,20,23)(H,21,24). The summed E-state index contributed by atoms with van der Waals surface area (Å²) in [7, 11) is -0.887. The average Bonchev–Trinajstić information content (AvgIpc) is 2.62. The third-order valence-electron chi connectivity index (χ3n) is 3.56. The molecule has 0 aliphatic carbocycles. The largest absolute Gasteiger partial charge is 0.273 e. The van der Waals surface area contributed by atoms with Crippen molar-refractivity contribution in [1.29, 1.82) is 0 Å². The molecular formula is C17H17Cl2N3O4S. The van der Waals surface area contributed by atoms with Crippen LogP contribution in [-0.4, -0.2) is 38.6 Å². The van der Waals surface area contributed by atoms with Gasteiger partial charge < -0.3 is 0 Å². The van der Waals surface area contributed by atoms with Gasteiger partial charge >= 0.3 is 0 Å². The van der Waals surface area contributed by atoms with E-state index in [1.54, 1.807) is 12.1 Å². The second-order valence-electron chi connectivity index (χ2n) is 5.73. The van der Waals surface area contributed by atoms with Crippen molar-refractivity contribution >= 4 is 45.0 Å². The molecule has 0 saturated heterocycles. The minimum Gasteiger partial charge on any atom is -0.273 e. The van der Waals surface area contributed by atoms with Crippen molar-refractivity contribution in [3.8, 4) is 0 Å². The first kappa shape index (κ1) is 21.2. The zero-order chi connectivity index (χ0) is 20.2. The molecule has 2 aromatic rings. The highest BCUT2D eigenvalue weighted by Gasteiger charge is 2.19. The van der Waals surface area contributed by atoms with E-state index in [4.69, 9.17) is 23.2 Å². The predicted molar refractivity (Wildman–Crippen MR) is 103 cm³/mol. The van der Waals surface area contributed by atoms with Gasteiger partial charge in [-0.2, -0.15) is 0 Å². The fourth-order valence-electron chi connectivity index (χ4n) is 2.09. The van der Waals surface area contributed by atoms with E-state index in [0.717, 1.165) is 4.31 Å². The van der Waals surface area contributed by atoms with Gasteiger partial charge in [0, 0.05) is 29.7 Å². The number of carbonyl (C=O) groups is 2. The van der Waals surface area contributed by atoms with E-state index in [-0.39, 0.29) is 16.9 Å². The lowest BCUT2D eigenvalue weighted by atomic mass is 10.1. The molecule has 2 N–H and O–H groups in total. The van der Waals surface area contributed by atoms with Gasteiger partial charge in [0.1, 0.15) is 0 Å². The molecule has 0 aliphatic heterocycles. The number of sulfonamides is 1. The van der Waals surface area contributed by atoms with Crippen LogP contribution in [-0.2, 0) is 21.2 Å². The Hall–Kier alpha value is -2.13. The van der Waals surface area contributed by atoms with Crippen LogP contribution in [0.2, 0.25) is 10.0 Å². The Morgan fingerprint density at radius 2 is 1.74 bits per heavy atom. The maximum atomic E-state index is 12.2.